The summed E-state index contributed by atoms with van der Waals surface area (Å²) in [5.41, 5.74) is 0.638. The van der Waals surface area contributed by atoms with E-state index < -0.39 is 0 Å². The fourth-order valence-electron chi connectivity index (χ4n) is 1.52. The summed E-state index contributed by atoms with van der Waals surface area (Å²) in [5.74, 6) is 0.627. The van der Waals surface area contributed by atoms with Crippen LogP contribution in [0, 0.1) is 5.82 Å². The predicted octanol–water partition coefficient (Wildman–Crippen LogP) is 3.44. The zero-order valence-corrected chi connectivity index (χ0v) is 11.9. The molecule has 100 valence electrons. The van der Waals surface area contributed by atoms with Gasteiger partial charge in [0.15, 0.2) is 0 Å². The van der Waals surface area contributed by atoms with Crippen LogP contribution in [0.4, 0.5) is 4.39 Å². The normalized spacial score (nSPS) is 10.4. The van der Waals surface area contributed by atoms with Crippen LogP contribution in [0.15, 0.2) is 41.8 Å². The van der Waals surface area contributed by atoms with Gasteiger partial charge < -0.3 is 5.32 Å². The molecule has 1 aromatic heterocycles. The van der Waals surface area contributed by atoms with Crippen LogP contribution in [0.1, 0.15) is 10.4 Å². The summed E-state index contributed by atoms with van der Waals surface area (Å²) < 4.78 is 13.3. The Kier molecular flexibility index (Phi) is 5.42. The second-order valence-electron chi connectivity index (χ2n) is 3.94. The molecule has 2 nitrogen and oxygen atoms in total. The van der Waals surface area contributed by atoms with Gasteiger partial charge in [-0.05, 0) is 23.1 Å². The third kappa shape index (κ3) is 4.69. The molecule has 2 aromatic rings. The van der Waals surface area contributed by atoms with E-state index in [1.54, 1.807) is 29.5 Å². The van der Waals surface area contributed by atoms with Gasteiger partial charge in [0.05, 0.1) is 12.3 Å². The second-order valence-corrected chi connectivity index (χ2v) is 5.96. The highest BCUT2D eigenvalue weighted by molar-refractivity contribution is 7.99. The summed E-state index contributed by atoms with van der Waals surface area (Å²) >= 11 is 3.03. The second kappa shape index (κ2) is 7.31. The molecule has 19 heavy (non-hydrogen) atoms. The lowest BCUT2D eigenvalue weighted by Crippen LogP contribution is -2.24. The first-order valence-electron chi connectivity index (χ1n) is 5.86. The van der Waals surface area contributed by atoms with Gasteiger partial charge in [0.25, 0.3) is 0 Å². The lowest BCUT2D eigenvalue weighted by Gasteiger charge is -2.04. The molecule has 0 saturated carbocycles. The molecule has 0 saturated heterocycles. The topological polar surface area (TPSA) is 29.1 Å². The Bertz CT molecular complexity index is 528. The summed E-state index contributed by atoms with van der Waals surface area (Å²) in [6.45, 7) is 0.566. The van der Waals surface area contributed by atoms with Crippen LogP contribution in [0.5, 0.6) is 0 Å². The molecule has 0 spiro atoms. The Morgan fingerprint density at radius 2 is 2.11 bits per heavy atom. The maximum atomic E-state index is 13.3. The Hall–Kier alpha value is -1.33. The summed E-state index contributed by atoms with van der Waals surface area (Å²) in [4.78, 5) is 12.7. The van der Waals surface area contributed by atoms with E-state index in [1.165, 1.54) is 17.8 Å². The van der Waals surface area contributed by atoms with Crippen molar-refractivity contribution in [3.8, 4) is 0 Å². The van der Waals surface area contributed by atoms with Crippen molar-refractivity contribution in [3.05, 3.63) is 58.0 Å². The Balaban J connectivity index is 1.68. The van der Waals surface area contributed by atoms with Gasteiger partial charge in [-0.3, -0.25) is 4.79 Å². The van der Waals surface area contributed by atoms with Crippen molar-refractivity contribution in [3.63, 3.8) is 0 Å². The molecular weight excluding hydrogens is 281 g/mol. The monoisotopic (exact) mass is 295 g/mol. The third-order valence-corrected chi connectivity index (χ3v) is 4.35. The zero-order chi connectivity index (χ0) is 13.5. The molecule has 0 aliphatic rings. The maximum absolute atomic E-state index is 13.3. The molecule has 0 radical (unpaired) electrons. The molecule has 1 aromatic carbocycles. The quantitative estimate of drug-likeness (QED) is 0.884. The van der Waals surface area contributed by atoms with Crippen LogP contribution >= 0.6 is 23.1 Å². The molecule has 2 rings (SSSR count). The van der Waals surface area contributed by atoms with Gasteiger partial charge in [-0.25, -0.2) is 4.39 Å². The van der Waals surface area contributed by atoms with Crippen LogP contribution in [-0.2, 0) is 17.1 Å². The standard InChI is InChI=1S/C14H14FNOS2/c15-13-6-2-1-4-11(13)9-18-10-14(17)16-8-12-5-3-7-19-12/h1-7H,8-10H2,(H,16,17). The Morgan fingerprint density at radius 1 is 1.26 bits per heavy atom. The number of nitrogens with one attached hydrogen (secondary N) is 1. The van der Waals surface area contributed by atoms with Gasteiger partial charge in [-0.15, -0.1) is 23.1 Å². The Labute approximate surface area is 120 Å². The van der Waals surface area contributed by atoms with E-state index in [1.807, 2.05) is 17.5 Å². The summed E-state index contributed by atoms with van der Waals surface area (Å²) in [7, 11) is 0. The number of hydrogen-bond acceptors (Lipinski definition) is 3. The number of thioether (sulfide) groups is 1. The number of amides is 1. The highest BCUT2D eigenvalue weighted by Crippen LogP contribution is 2.15. The molecule has 1 N–H and O–H groups in total. The van der Waals surface area contributed by atoms with E-state index in [-0.39, 0.29) is 11.7 Å². The van der Waals surface area contributed by atoms with E-state index in [2.05, 4.69) is 5.32 Å². The lowest BCUT2D eigenvalue weighted by atomic mass is 10.2. The molecule has 0 atom stereocenters. The van der Waals surface area contributed by atoms with Crippen LogP contribution in [0.2, 0.25) is 0 Å². The molecule has 1 amide bonds. The first-order valence-corrected chi connectivity index (χ1v) is 7.89. The highest BCUT2D eigenvalue weighted by Gasteiger charge is 2.04. The SMILES string of the molecule is O=C(CSCc1ccccc1F)NCc1cccs1. The van der Waals surface area contributed by atoms with Gasteiger partial charge in [-0.2, -0.15) is 0 Å². The van der Waals surface area contributed by atoms with Crippen molar-refractivity contribution in [2.45, 2.75) is 12.3 Å². The van der Waals surface area contributed by atoms with Crippen molar-refractivity contribution in [2.24, 2.45) is 0 Å². The van der Waals surface area contributed by atoms with Crippen molar-refractivity contribution in [1.29, 1.82) is 0 Å². The highest BCUT2D eigenvalue weighted by atomic mass is 32.2. The third-order valence-electron chi connectivity index (χ3n) is 2.49. The minimum absolute atomic E-state index is 0.0188. The molecule has 0 bridgehead atoms. The molecule has 5 heteroatoms. The van der Waals surface area contributed by atoms with Gasteiger partial charge in [-0.1, -0.05) is 24.3 Å². The van der Waals surface area contributed by atoms with E-state index in [0.29, 0.717) is 23.6 Å². The fraction of sp³-hybridized carbons (Fsp3) is 0.214. The van der Waals surface area contributed by atoms with E-state index in [0.717, 1.165) is 4.88 Å². The summed E-state index contributed by atoms with van der Waals surface area (Å²) in [6.07, 6.45) is 0. The smallest absolute Gasteiger partial charge is 0.230 e. The first kappa shape index (κ1) is 14.1. The van der Waals surface area contributed by atoms with Gasteiger partial charge >= 0.3 is 0 Å². The van der Waals surface area contributed by atoms with Gasteiger partial charge in [0, 0.05) is 10.6 Å². The van der Waals surface area contributed by atoms with Crippen molar-refractivity contribution >= 4 is 29.0 Å². The van der Waals surface area contributed by atoms with Crippen molar-refractivity contribution < 1.29 is 9.18 Å². The average Bonchev–Trinajstić information content (AvgIpc) is 2.92. The number of halogens is 1. The predicted molar refractivity (Wildman–Crippen MR) is 78.7 cm³/mol. The molecule has 0 aliphatic carbocycles. The van der Waals surface area contributed by atoms with Crippen LogP contribution in [-0.4, -0.2) is 11.7 Å². The largest absolute Gasteiger partial charge is 0.350 e. The first-order chi connectivity index (χ1) is 9.25. The summed E-state index contributed by atoms with van der Waals surface area (Å²) in [5, 5.41) is 4.82. The molecular formula is C14H14FNOS2. The van der Waals surface area contributed by atoms with E-state index in [9.17, 15) is 9.18 Å². The summed E-state index contributed by atoms with van der Waals surface area (Å²) in [6, 6.07) is 10.6. The minimum Gasteiger partial charge on any atom is -0.350 e. The van der Waals surface area contributed by atoms with E-state index >= 15 is 0 Å². The van der Waals surface area contributed by atoms with Crippen molar-refractivity contribution in [2.75, 3.05) is 5.75 Å². The number of thiophene rings is 1. The van der Waals surface area contributed by atoms with Crippen LogP contribution in [0.25, 0.3) is 0 Å². The Morgan fingerprint density at radius 3 is 2.84 bits per heavy atom. The van der Waals surface area contributed by atoms with Crippen LogP contribution < -0.4 is 5.32 Å². The van der Waals surface area contributed by atoms with Gasteiger partial charge in [0.1, 0.15) is 5.82 Å². The molecule has 0 fully saturated rings. The zero-order valence-electron chi connectivity index (χ0n) is 10.3. The number of carbonyl (C=O) groups is 1. The van der Waals surface area contributed by atoms with Gasteiger partial charge in [0.2, 0.25) is 5.91 Å². The molecule has 0 aliphatic heterocycles. The number of benzene rings is 1. The maximum Gasteiger partial charge on any atom is 0.230 e. The number of rotatable bonds is 6. The minimum atomic E-state index is -0.214. The van der Waals surface area contributed by atoms with Crippen molar-refractivity contribution in [1.82, 2.24) is 5.32 Å². The number of carbonyl (C=O) groups excluding carboxylic acids is 1. The lowest BCUT2D eigenvalue weighted by molar-refractivity contribution is -0.118. The molecule has 0 unspecified atom stereocenters. The average molecular weight is 295 g/mol. The number of hydrogen-bond donors (Lipinski definition) is 1. The molecule has 1 heterocycles. The van der Waals surface area contributed by atoms with Crippen LogP contribution in [0.3, 0.4) is 0 Å². The fourth-order valence-corrected chi connectivity index (χ4v) is 3.01. The van der Waals surface area contributed by atoms with E-state index in [4.69, 9.17) is 0 Å².